The summed E-state index contributed by atoms with van der Waals surface area (Å²) in [4.78, 5) is 40.1. The lowest BCUT2D eigenvalue weighted by molar-refractivity contribution is -0.132. The van der Waals surface area contributed by atoms with Crippen LogP contribution in [0.15, 0.2) is 34.9 Å². The molecule has 4 rings (SSSR count). The SMILES string of the molecule is CN1CCN(C(=O)c2ccc(Nc3ncc(Br)c(N[C@@H]4CCC[C@@H]4C(=O)N(C)C)n3)cc2)CC1. The lowest BCUT2D eigenvalue weighted by atomic mass is 10.0. The highest BCUT2D eigenvalue weighted by Crippen LogP contribution is 2.32. The van der Waals surface area contributed by atoms with Gasteiger partial charge in [-0.05, 0) is 60.1 Å². The van der Waals surface area contributed by atoms with E-state index in [-0.39, 0.29) is 23.8 Å². The van der Waals surface area contributed by atoms with Crippen molar-refractivity contribution in [2.24, 2.45) is 5.92 Å². The maximum atomic E-state index is 12.8. The molecule has 2 aliphatic rings. The van der Waals surface area contributed by atoms with Crippen molar-refractivity contribution >= 4 is 45.2 Å². The van der Waals surface area contributed by atoms with Crippen molar-refractivity contribution in [1.82, 2.24) is 24.7 Å². The number of hydrogen-bond acceptors (Lipinski definition) is 7. The molecular formula is C24H32BrN7O2. The first kappa shape index (κ1) is 24.4. The summed E-state index contributed by atoms with van der Waals surface area (Å²) in [6.45, 7) is 3.29. The first-order valence-corrected chi connectivity index (χ1v) is 12.5. The second-order valence-corrected chi connectivity index (χ2v) is 10.1. The third-order valence-electron chi connectivity index (χ3n) is 6.52. The fourth-order valence-electron chi connectivity index (χ4n) is 4.48. The van der Waals surface area contributed by atoms with Crippen LogP contribution in [-0.4, -0.2) is 89.8 Å². The number of halogens is 1. The Kier molecular flexibility index (Phi) is 7.67. The Labute approximate surface area is 209 Å². The predicted octanol–water partition coefficient (Wildman–Crippen LogP) is 3.04. The highest BCUT2D eigenvalue weighted by Gasteiger charge is 2.34. The molecule has 34 heavy (non-hydrogen) atoms. The van der Waals surface area contributed by atoms with E-state index in [4.69, 9.17) is 0 Å². The van der Waals surface area contributed by atoms with Gasteiger partial charge in [-0.3, -0.25) is 9.59 Å². The monoisotopic (exact) mass is 529 g/mol. The van der Waals surface area contributed by atoms with Crippen LogP contribution in [0, 0.1) is 5.92 Å². The number of nitrogens with zero attached hydrogens (tertiary/aromatic N) is 5. The van der Waals surface area contributed by atoms with Crippen molar-refractivity contribution in [3.8, 4) is 0 Å². The van der Waals surface area contributed by atoms with Crippen LogP contribution < -0.4 is 10.6 Å². The van der Waals surface area contributed by atoms with Crippen molar-refractivity contribution in [2.45, 2.75) is 25.3 Å². The minimum atomic E-state index is -0.0568. The molecule has 2 amide bonds. The molecule has 0 spiro atoms. The van der Waals surface area contributed by atoms with Gasteiger partial charge in [-0.25, -0.2) is 4.98 Å². The zero-order chi connectivity index (χ0) is 24.2. The molecule has 1 saturated carbocycles. The zero-order valence-corrected chi connectivity index (χ0v) is 21.5. The molecule has 9 nitrogen and oxygen atoms in total. The van der Waals surface area contributed by atoms with E-state index in [1.165, 1.54) is 0 Å². The summed E-state index contributed by atoms with van der Waals surface area (Å²) in [5.41, 5.74) is 1.47. The van der Waals surface area contributed by atoms with Crippen molar-refractivity contribution in [3.63, 3.8) is 0 Å². The first-order valence-electron chi connectivity index (χ1n) is 11.7. The second kappa shape index (κ2) is 10.7. The molecule has 1 saturated heterocycles. The number of rotatable bonds is 6. The predicted molar refractivity (Wildman–Crippen MR) is 136 cm³/mol. The third kappa shape index (κ3) is 5.67. The minimum Gasteiger partial charge on any atom is -0.365 e. The summed E-state index contributed by atoms with van der Waals surface area (Å²) in [7, 11) is 5.66. The number of hydrogen-bond donors (Lipinski definition) is 2. The molecule has 2 heterocycles. The van der Waals surface area contributed by atoms with E-state index in [1.54, 1.807) is 25.2 Å². The average Bonchev–Trinajstić information content (AvgIpc) is 3.29. The van der Waals surface area contributed by atoms with Crippen LogP contribution in [0.3, 0.4) is 0 Å². The number of likely N-dealkylation sites (N-methyl/N-ethyl adjacent to an activating group) is 1. The molecule has 2 fully saturated rings. The molecule has 182 valence electrons. The number of benzene rings is 1. The molecule has 0 bridgehead atoms. The largest absolute Gasteiger partial charge is 0.365 e. The van der Waals surface area contributed by atoms with Gasteiger partial charge in [0.25, 0.3) is 5.91 Å². The van der Waals surface area contributed by atoms with Crippen LogP contribution in [0.2, 0.25) is 0 Å². The highest BCUT2D eigenvalue weighted by atomic mass is 79.9. The lowest BCUT2D eigenvalue weighted by Gasteiger charge is -2.32. The summed E-state index contributed by atoms with van der Waals surface area (Å²) < 4.78 is 0.745. The van der Waals surface area contributed by atoms with E-state index < -0.39 is 0 Å². The molecule has 2 aromatic rings. The number of anilines is 3. The normalized spacial score (nSPS) is 20.8. The lowest BCUT2D eigenvalue weighted by Crippen LogP contribution is -2.47. The molecule has 1 aliphatic carbocycles. The fraction of sp³-hybridized carbons (Fsp3) is 0.500. The Morgan fingerprint density at radius 1 is 1.09 bits per heavy atom. The van der Waals surface area contributed by atoms with Gasteiger partial charge in [-0.1, -0.05) is 6.42 Å². The summed E-state index contributed by atoms with van der Waals surface area (Å²) in [6.07, 6.45) is 4.50. The minimum absolute atomic E-state index is 0.0359. The number of aromatic nitrogens is 2. The molecule has 2 N–H and O–H groups in total. The summed E-state index contributed by atoms with van der Waals surface area (Å²) in [5.74, 6) is 1.24. The van der Waals surface area contributed by atoms with Crippen LogP contribution in [-0.2, 0) is 4.79 Å². The van der Waals surface area contributed by atoms with E-state index in [1.807, 2.05) is 29.2 Å². The topological polar surface area (TPSA) is 93.7 Å². The van der Waals surface area contributed by atoms with E-state index in [0.29, 0.717) is 17.3 Å². The highest BCUT2D eigenvalue weighted by molar-refractivity contribution is 9.10. The van der Waals surface area contributed by atoms with Crippen LogP contribution in [0.25, 0.3) is 0 Å². The Balaban J connectivity index is 1.41. The van der Waals surface area contributed by atoms with Crippen LogP contribution >= 0.6 is 15.9 Å². The zero-order valence-electron chi connectivity index (χ0n) is 19.9. The van der Waals surface area contributed by atoms with Crippen molar-refractivity contribution in [2.75, 3.05) is 58.0 Å². The average molecular weight is 530 g/mol. The Hall–Kier alpha value is -2.72. The first-order chi connectivity index (χ1) is 16.3. The van der Waals surface area contributed by atoms with Gasteiger partial charge >= 0.3 is 0 Å². The number of carbonyl (C=O) groups excluding carboxylic acids is 2. The summed E-state index contributed by atoms with van der Waals surface area (Å²) in [5, 5.41) is 6.66. The van der Waals surface area contributed by atoms with Gasteiger partial charge in [-0.15, -0.1) is 0 Å². The molecule has 1 aromatic carbocycles. The van der Waals surface area contributed by atoms with E-state index in [0.717, 1.165) is 55.6 Å². The van der Waals surface area contributed by atoms with Crippen molar-refractivity contribution < 1.29 is 9.59 Å². The number of piperazine rings is 1. The van der Waals surface area contributed by atoms with Gasteiger partial charge < -0.3 is 25.3 Å². The number of amides is 2. The molecule has 2 atom stereocenters. The molecule has 0 radical (unpaired) electrons. The number of carbonyl (C=O) groups is 2. The van der Waals surface area contributed by atoms with Crippen molar-refractivity contribution in [3.05, 3.63) is 40.5 Å². The van der Waals surface area contributed by atoms with Gasteiger partial charge in [0.2, 0.25) is 11.9 Å². The molecule has 0 unspecified atom stereocenters. The Morgan fingerprint density at radius 3 is 2.47 bits per heavy atom. The van der Waals surface area contributed by atoms with E-state index >= 15 is 0 Å². The third-order valence-corrected chi connectivity index (χ3v) is 7.10. The molecule has 1 aromatic heterocycles. The van der Waals surface area contributed by atoms with E-state index in [9.17, 15) is 9.59 Å². The standard InChI is InChI=1S/C24H32BrN7O2/c1-30(2)23(34)18-5-4-6-20(18)28-21-19(25)15-26-24(29-21)27-17-9-7-16(8-10-17)22(33)32-13-11-31(3)12-14-32/h7-10,15,18,20H,4-6,11-14H2,1-3H3,(H2,26,27,28,29)/t18-,20+/m0/s1. The molecule has 1 aliphatic heterocycles. The summed E-state index contributed by atoms with van der Waals surface area (Å²) in [6, 6.07) is 7.43. The Morgan fingerprint density at radius 2 is 1.79 bits per heavy atom. The Bertz CT molecular complexity index is 1020. The van der Waals surface area contributed by atoms with E-state index in [2.05, 4.69) is 48.5 Å². The van der Waals surface area contributed by atoms with Gasteiger partial charge in [0, 0.05) is 63.8 Å². The van der Waals surface area contributed by atoms with Crippen molar-refractivity contribution in [1.29, 1.82) is 0 Å². The van der Waals surface area contributed by atoms with Gasteiger partial charge in [0.15, 0.2) is 0 Å². The van der Waals surface area contributed by atoms with Gasteiger partial charge in [0.05, 0.1) is 10.4 Å². The van der Waals surface area contributed by atoms with Crippen LogP contribution in [0.4, 0.5) is 17.5 Å². The maximum absolute atomic E-state index is 12.8. The second-order valence-electron chi connectivity index (χ2n) is 9.21. The quantitative estimate of drug-likeness (QED) is 0.593. The van der Waals surface area contributed by atoms with Crippen LogP contribution in [0.1, 0.15) is 29.6 Å². The number of nitrogens with one attached hydrogen (secondary N) is 2. The smallest absolute Gasteiger partial charge is 0.253 e. The summed E-state index contributed by atoms with van der Waals surface area (Å²) >= 11 is 3.52. The maximum Gasteiger partial charge on any atom is 0.253 e. The van der Waals surface area contributed by atoms with Crippen LogP contribution in [0.5, 0.6) is 0 Å². The molecular weight excluding hydrogens is 498 g/mol. The molecule has 10 heteroatoms. The van der Waals surface area contributed by atoms with Gasteiger partial charge in [0.1, 0.15) is 5.82 Å². The fourth-order valence-corrected chi connectivity index (χ4v) is 4.79. The van der Waals surface area contributed by atoms with Gasteiger partial charge in [-0.2, -0.15) is 4.98 Å².